The van der Waals surface area contributed by atoms with Gasteiger partial charge >= 0.3 is 0 Å². The van der Waals surface area contributed by atoms with Crippen LogP contribution in [0, 0.1) is 5.92 Å². The summed E-state index contributed by atoms with van der Waals surface area (Å²) in [6, 6.07) is 0. The predicted molar refractivity (Wildman–Crippen MR) is 81.6 cm³/mol. The van der Waals surface area contributed by atoms with Gasteiger partial charge in [-0.15, -0.1) is 0 Å². The number of hydrogen-bond donors (Lipinski definition) is 1. The Labute approximate surface area is 126 Å². The number of amides is 1. The molecule has 3 rings (SSSR count). The van der Waals surface area contributed by atoms with E-state index in [1.165, 1.54) is 36.9 Å². The predicted octanol–water partition coefficient (Wildman–Crippen LogP) is 1.77. The molecule has 1 aliphatic heterocycles. The molecule has 5 heteroatoms. The zero-order valence-electron chi connectivity index (χ0n) is 12.9. The number of aromatic nitrogens is 2. The van der Waals surface area contributed by atoms with Gasteiger partial charge in [0.25, 0.3) is 0 Å². The smallest absolute Gasteiger partial charge is 0.217 e. The van der Waals surface area contributed by atoms with Gasteiger partial charge in [-0.3, -0.25) is 14.4 Å². The van der Waals surface area contributed by atoms with Gasteiger partial charge in [-0.25, -0.2) is 0 Å². The highest BCUT2D eigenvalue weighted by Crippen LogP contribution is 2.41. The molecule has 0 radical (unpaired) electrons. The van der Waals surface area contributed by atoms with Crippen molar-refractivity contribution < 1.29 is 4.79 Å². The average molecular weight is 290 g/mol. The molecule has 0 unspecified atom stereocenters. The molecule has 5 nitrogen and oxygen atoms in total. The minimum Gasteiger partial charge on any atom is -0.370 e. The Balaban J connectivity index is 1.50. The third kappa shape index (κ3) is 3.64. The van der Waals surface area contributed by atoms with E-state index in [1.54, 1.807) is 0 Å². The van der Waals surface area contributed by atoms with Gasteiger partial charge in [0.2, 0.25) is 5.91 Å². The molecule has 1 aromatic heterocycles. The molecule has 0 bridgehead atoms. The van der Waals surface area contributed by atoms with Crippen molar-refractivity contribution in [1.29, 1.82) is 0 Å². The van der Waals surface area contributed by atoms with Crippen molar-refractivity contribution in [3.8, 4) is 0 Å². The van der Waals surface area contributed by atoms with Gasteiger partial charge in [0, 0.05) is 37.2 Å². The van der Waals surface area contributed by atoms with Crippen LogP contribution < -0.4 is 5.73 Å². The summed E-state index contributed by atoms with van der Waals surface area (Å²) in [6.45, 7) is 3.28. The number of nitrogens with two attached hydrogens (primary N) is 1. The molecule has 1 aliphatic carbocycles. The lowest BCUT2D eigenvalue weighted by atomic mass is 9.92. The maximum Gasteiger partial charge on any atom is 0.217 e. The van der Waals surface area contributed by atoms with Crippen molar-refractivity contribution in [2.24, 2.45) is 18.7 Å². The lowest BCUT2D eigenvalue weighted by Crippen LogP contribution is -2.33. The molecule has 0 atom stereocenters. The summed E-state index contributed by atoms with van der Waals surface area (Å²) in [6.07, 6.45) is 8.57. The summed E-state index contributed by atoms with van der Waals surface area (Å²) in [5.74, 6) is 1.26. The van der Waals surface area contributed by atoms with Crippen molar-refractivity contribution in [3.63, 3.8) is 0 Å². The number of hydrogen-bond acceptors (Lipinski definition) is 3. The summed E-state index contributed by atoms with van der Waals surface area (Å²) in [4.78, 5) is 13.4. The molecule has 2 N–H and O–H groups in total. The number of carbonyl (C=O) groups is 1. The second-order valence-corrected chi connectivity index (χ2v) is 6.68. The molecule has 1 saturated heterocycles. The van der Waals surface area contributed by atoms with Crippen LogP contribution in [-0.2, 0) is 18.4 Å². The molecular weight excluding hydrogens is 264 g/mol. The summed E-state index contributed by atoms with van der Waals surface area (Å²) in [5, 5.41) is 4.45. The van der Waals surface area contributed by atoms with Crippen LogP contribution in [0.5, 0.6) is 0 Å². The average Bonchev–Trinajstić information content (AvgIpc) is 3.23. The minimum atomic E-state index is -0.165. The van der Waals surface area contributed by atoms with E-state index >= 15 is 0 Å². The fraction of sp³-hybridized carbons (Fsp3) is 0.750. The highest BCUT2D eigenvalue weighted by atomic mass is 16.1. The lowest BCUT2D eigenvalue weighted by molar-refractivity contribution is -0.118. The quantitative estimate of drug-likeness (QED) is 0.868. The Hall–Kier alpha value is -1.36. The molecule has 1 amide bonds. The van der Waals surface area contributed by atoms with Gasteiger partial charge in [-0.1, -0.05) is 0 Å². The lowest BCUT2D eigenvalue weighted by Gasteiger charge is -2.31. The van der Waals surface area contributed by atoms with E-state index in [0.717, 1.165) is 32.0 Å². The maximum atomic E-state index is 10.9. The van der Waals surface area contributed by atoms with Crippen LogP contribution >= 0.6 is 0 Å². The highest BCUT2D eigenvalue weighted by Gasteiger charge is 2.30. The minimum absolute atomic E-state index is 0.165. The fourth-order valence-corrected chi connectivity index (χ4v) is 3.52. The van der Waals surface area contributed by atoms with Crippen LogP contribution in [0.3, 0.4) is 0 Å². The largest absolute Gasteiger partial charge is 0.370 e. The first-order chi connectivity index (χ1) is 10.1. The van der Waals surface area contributed by atoms with Gasteiger partial charge in [0.05, 0.1) is 6.20 Å². The Morgan fingerprint density at radius 2 is 2.05 bits per heavy atom. The molecule has 1 aromatic rings. The van der Waals surface area contributed by atoms with E-state index in [0.29, 0.717) is 12.3 Å². The molecule has 2 heterocycles. The van der Waals surface area contributed by atoms with Crippen molar-refractivity contribution >= 4 is 5.91 Å². The van der Waals surface area contributed by atoms with Crippen molar-refractivity contribution in [2.45, 2.75) is 51.0 Å². The molecule has 0 aromatic carbocycles. The molecule has 1 saturated carbocycles. The second kappa shape index (κ2) is 6.18. The van der Waals surface area contributed by atoms with E-state index < -0.39 is 0 Å². The Kier molecular flexibility index (Phi) is 4.29. The van der Waals surface area contributed by atoms with Gasteiger partial charge in [-0.2, -0.15) is 5.10 Å². The van der Waals surface area contributed by atoms with Crippen LogP contribution in [0.2, 0.25) is 0 Å². The second-order valence-electron chi connectivity index (χ2n) is 6.68. The Morgan fingerprint density at radius 3 is 2.67 bits per heavy atom. The first-order valence-corrected chi connectivity index (χ1v) is 8.15. The normalized spacial score (nSPS) is 20.8. The van der Waals surface area contributed by atoms with Gasteiger partial charge in [-0.05, 0) is 51.1 Å². The molecular formula is C16H26N4O. The topological polar surface area (TPSA) is 64.2 Å². The third-order valence-corrected chi connectivity index (χ3v) is 4.93. The van der Waals surface area contributed by atoms with Crippen LogP contribution in [0.15, 0.2) is 6.20 Å². The van der Waals surface area contributed by atoms with Crippen LogP contribution in [0.1, 0.15) is 55.7 Å². The molecule has 2 fully saturated rings. The number of nitrogens with zero attached hydrogens (tertiary/aromatic N) is 3. The van der Waals surface area contributed by atoms with E-state index in [4.69, 9.17) is 5.73 Å². The molecule has 0 spiro atoms. The van der Waals surface area contributed by atoms with Gasteiger partial charge in [0.1, 0.15) is 0 Å². The fourth-order valence-electron chi connectivity index (χ4n) is 3.52. The summed E-state index contributed by atoms with van der Waals surface area (Å²) >= 11 is 0. The number of piperidine rings is 1. The van der Waals surface area contributed by atoms with Crippen molar-refractivity contribution in [3.05, 3.63) is 17.5 Å². The van der Waals surface area contributed by atoms with Crippen molar-refractivity contribution in [2.75, 3.05) is 13.1 Å². The molecule has 2 aliphatic rings. The van der Waals surface area contributed by atoms with E-state index in [-0.39, 0.29) is 5.91 Å². The van der Waals surface area contributed by atoms with E-state index in [2.05, 4.69) is 21.7 Å². The zero-order chi connectivity index (χ0) is 14.8. The highest BCUT2D eigenvalue weighted by molar-refractivity contribution is 5.73. The Bertz CT molecular complexity index is 498. The van der Waals surface area contributed by atoms with Crippen molar-refractivity contribution in [1.82, 2.24) is 14.7 Å². The monoisotopic (exact) mass is 290 g/mol. The summed E-state index contributed by atoms with van der Waals surface area (Å²) in [7, 11) is 2.06. The number of primary amides is 1. The standard InChI is InChI=1S/C16H26N4O/c1-19-16(13-3-4-13)14(10-18-19)11-20-8-6-12(7-9-20)2-5-15(17)21/h10,12-13H,2-9,11H2,1H3,(H2,17,21). The summed E-state index contributed by atoms with van der Waals surface area (Å²) < 4.78 is 2.06. The number of carbonyl (C=O) groups excluding carboxylic acids is 1. The van der Waals surface area contributed by atoms with Crippen LogP contribution in [0.4, 0.5) is 0 Å². The number of likely N-dealkylation sites (tertiary alicyclic amines) is 1. The first-order valence-electron chi connectivity index (χ1n) is 8.15. The van der Waals surface area contributed by atoms with Gasteiger partial charge < -0.3 is 5.73 Å². The van der Waals surface area contributed by atoms with Crippen LogP contribution in [-0.4, -0.2) is 33.7 Å². The SMILES string of the molecule is Cn1ncc(CN2CCC(CCC(N)=O)CC2)c1C1CC1. The number of aryl methyl sites for hydroxylation is 1. The first kappa shape index (κ1) is 14.6. The maximum absolute atomic E-state index is 10.9. The Morgan fingerprint density at radius 1 is 1.33 bits per heavy atom. The third-order valence-electron chi connectivity index (χ3n) is 4.93. The van der Waals surface area contributed by atoms with E-state index in [1.807, 2.05) is 6.20 Å². The molecule has 21 heavy (non-hydrogen) atoms. The van der Waals surface area contributed by atoms with Gasteiger partial charge in [0.15, 0.2) is 0 Å². The zero-order valence-corrected chi connectivity index (χ0v) is 12.9. The summed E-state index contributed by atoms with van der Waals surface area (Å²) in [5.41, 5.74) is 8.10. The molecule has 116 valence electrons. The number of rotatable bonds is 6. The van der Waals surface area contributed by atoms with E-state index in [9.17, 15) is 4.79 Å². The van der Waals surface area contributed by atoms with Crippen LogP contribution in [0.25, 0.3) is 0 Å².